The Morgan fingerprint density at radius 2 is 0.891 bits per heavy atom. The summed E-state index contributed by atoms with van der Waals surface area (Å²) in [4.78, 5) is 106. The van der Waals surface area contributed by atoms with E-state index >= 15 is 0 Å². The lowest BCUT2D eigenvalue weighted by atomic mass is 9.77. The van der Waals surface area contributed by atoms with Crippen LogP contribution in [0.1, 0.15) is 115 Å². The molecule has 0 saturated carbocycles. The molecule has 0 fully saturated rings. The van der Waals surface area contributed by atoms with Crippen LogP contribution in [0.25, 0.3) is 0 Å². The van der Waals surface area contributed by atoms with Crippen molar-refractivity contribution >= 4 is 101 Å². The Hall–Kier alpha value is -13.8. The smallest absolute Gasteiger partial charge is 0.514 e. The van der Waals surface area contributed by atoms with E-state index in [1.807, 2.05) is 200 Å². The molecule has 7 aromatic rings. The molecule has 4 heterocycles. The number of nitro benzene ring substituents is 3. The summed E-state index contributed by atoms with van der Waals surface area (Å²) in [5.74, 6) is -4.99. The number of methoxy groups -OCH3 is 2. The van der Waals surface area contributed by atoms with E-state index in [1.165, 1.54) is 52.3 Å². The number of hydrogen-bond donors (Lipinski definition) is 5. The third kappa shape index (κ3) is 18.7. The van der Waals surface area contributed by atoms with E-state index in [0.717, 1.165) is 92.1 Å². The average Bonchev–Trinajstić information content (AvgIpc) is 1.52. The Bertz CT molecular complexity index is 6300. The Morgan fingerprint density at radius 1 is 0.516 bits per heavy atom. The first-order chi connectivity index (χ1) is 60.1. The number of non-ortho nitro benzene ring substituents is 1. The van der Waals surface area contributed by atoms with Gasteiger partial charge in [-0.15, -0.1) is 0 Å². The number of nitrogens with one attached hydrogen (secondary N) is 4. The second-order valence-electron chi connectivity index (χ2n) is 33.3. The number of aliphatic hydroxyl groups is 1. The van der Waals surface area contributed by atoms with Gasteiger partial charge in [-0.05, 0) is 101 Å². The molecule has 0 bridgehead atoms. The van der Waals surface area contributed by atoms with Crippen LogP contribution in [0, 0.1) is 30.3 Å². The number of benzene rings is 7. The molecule has 0 radical (unpaired) electrons. The van der Waals surface area contributed by atoms with Gasteiger partial charge in [0.05, 0.1) is 137 Å². The van der Waals surface area contributed by atoms with Crippen LogP contribution in [-0.2, 0) is 65.8 Å². The Balaban J connectivity index is 0.000000236. The Morgan fingerprint density at radius 3 is 1.25 bits per heavy atom. The first-order valence-corrected chi connectivity index (χ1v) is 43.6. The van der Waals surface area contributed by atoms with Gasteiger partial charge in [0, 0.05) is 106 Å². The molecule has 0 aromatic heterocycles. The minimum atomic E-state index is -5.06. The number of carbonyl (C=O) groups excluding carboxylic acids is 5. The number of aliphatic hydroxyl groups excluding tert-OH is 1. The zero-order valence-electron chi connectivity index (χ0n) is 73.0. The first-order valence-electron chi connectivity index (χ1n) is 40.4. The van der Waals surface area contributed by atoms with Crippen molar-refractivity contribution in [3.05, 3.63) is 279 Å². The summed E-state index contributed by atoms with van der Waals surface area (Å²) in [5.41, 5.74) is 8.73. The third-order valence-electron chi connectivity index (χ3n) is 23.7. The van der Waals surface area contributed by atoms with Gasteiger partial charge in [0.1, 0.15) is 51.2 Å². The van der Waals surface area contributed by atoms with Crippen molar-refractivity contribution in [3.63, 3.8) is 0 Å². The van der Waals surface area contributed by atoms with E-state index in [-0.39, 0.29) is 117 Å². The maximum absolute atomic E-state index is 14.4. The quantitative estimate of drug-likeness (QED) is 0.00394. The van der Waals surface area contributed by atoms with Gasteiger partial charge >= 0.3 is 6.16 Å². The van der Waals surface area contributed by atoms with E-state index in [2.05, 4.69) is 21.3 Å². The molecular formula is C91H97N11O24S2. The molecule has 2 amide bonds. The van der Waals surface area contributed by atoms with Gasteiger partial charge in [0.25, 0.3) is 17.1 Å². The predicted octanol–water partition coefficient (Wildman–Crippen LogP) is 11.0. The van der Waals surface area contributed by atoms with Gasteiger partial charge in [-0.2, -0.15) is 9.15 Å². The zero-order chi connectivity index (χ0) is 93.5. The van der Waals surface area contributed by atoms with Crippen LogP contribution in [-0.4, -0.2) is 188 Å². The number of allylic oxidation sites excluding steroid dienone is 10. The minimum Gasteiger partial charge on any atom is -0.748 e. The molecule has 7 aromatic carbocycles. The summed E-state index contributed by atoms with van der Waals surface area (Å²) >= 11 is 0. The molecule has 35 nitrogen and oxygen atoms in total. The fourth-order valence-electron chi connectivity index (χ4n) is 17.0. The number of amides is 2. The second-order valence-corrected chi connectivity index (χ2v) is 36.2. The highest BCUT2D eigenvalue weighted by atomic mass is 32.2. The van der Waals surface area contributed by atoms with Crippen LogP contribution in [0.5, 0.6) is 28.7 Å². The molecule has 37 heteroatoms. The van der Waals surface area contributed by atoms with Gasteiger partial charge in [-0.25, -0.2) is 21.6 Å². The van der Waals surface area contributed by atoms with Gasteiger partial charge in [0.15, 0.2) is 46.0 Å². The lowest BCUT2D eigenvalue weighted by Gasteiger charge is -2.32. The Kier molecular flexibility index (Phi) is 26.5. The van der Waals surface area contributed by atoms with Crippen molar-refractivity contribution in [3.8, 4) is 28.7 Å². The predicted molar refractivity (Wildman–Crippen MR) is 471 cm³/mol. The molecule has 128 heavy (non-hydrogen) atoms. The number of ketones is 2. The van der Waals surface area contributed by atoms with Crippen molar-refractivity contribution in [2.24, 2.45) is 0 Å². The maximum Gasteiger partial charge on any atom is 0.514 e. The number of carbonyl (C=O) groups is 5. The number of ether oxygens (including phenoxy) is 6. The molecular weight excluding hydrogens is 1700 g/mol. The number of anilines is 2. The maximum atomic E-state index is 14.4. The number of para-hydroxylation sites is 4. The molecule has 13 rings (SSSR count). The first kappa shape index (κ1) is 93.4. The summed E-state index contributed by atoms with van der Waals surface area (Å²) in [6, 6.07) is 37.2. The van der Waals surface area contributed by atoms with E-state index in [1.54, 1.807) is 24.3 Å². The van der Waals surface area contributed by atoms with Gasteiger partial charge in [-0.1, -0.05) is 100 Å². The van der Waals surface area contributed by atoms with E-state index in [4.69, 9.17) is 28.4 Å². The molecule has 0 spiro atoms. The van der Waals surface area contributed by atoms with E-state index in [0.29, 0.717) is 0 Å². The monoisotopic (exact) mass is 1790 g/mol. The Labute approximate surface area is 738 Å². The highest BCUT2D eigenvalue weighted by molar-refractivity contribution is 7.86. The fraction of sp³-hybridized carbons (Fsp3) is 0.330. The van der Waals surface area contributed by atoms with Crippen molar-refractivity contribution in [2.45, 2.75) is 115 Å². The van der Waals surface area contributed by atoms with E-state index in [9.17, 15) is 85.4 Å². The van der Waals surface area contributed by atoms with Gasteiger partial charge < -0.3 is 73.7 Å². The lowest BCUT2D eigenvalue weighted by molar-refractivity contribution is -0.401. The number of rotatable bonds is 31. The van der Waals surface area contributed by atoms with Crippen LogP contribution < -0.4 is 54.8 Å². The molecule has 6 aliphatic rings. The summed E-state index contributed by atoms with van der Waals surface area (Å²) in [7, 11) is 0.0674. The van der Waals surface area contributed by atoms with Crippen LogP contribution in [0.4, 0.5) is 44.6 Å². The molecule has 2 aliphatic carbocycles. The third-order valence-corrected chi connectivity index (χ3v) is 25.2. The van der Waals surface area contributed by atoms with Crippen molar-refractivity contribution in [2.75, 3.05) is 90.0 Å². The van der Waals surface area contributed by atoms with Crippen molar-refractivity contribution in [1.82, 2.24) is 21.3 Å². The number of likely N-dealkylation sites (N-methyl/N-ethyl adjacent to an activating group) is 2. The van der Waals surface area contributed by atoms with Crippen LogP contribution in [0.3, 0.4) is 0 Å². The van der Waals surface area contributed by atoms with Crippen LogP contribution >= 0.6 is 0 Å². The molecule has 0 saturated heterocycles. The standard InChI is InChI=1S/C49H50N6O14S.C42H47N5O10S/c1-28(68-47(58)69-30-19-17-29(18-20-30)54(59)60)31-23-40(66-8)41(26-39(31)55(61)62)67-22-21-50-46(57)36(27-70(63,64)65)51-44-32(24-42-48(2,3)34-13-9-11-15-37(34)52(42)6)45(56)33(44)25-43-49(4,5)35-14-10-12-16-38(35)53(43)7;1-24(48)25-19-34(56-8)35(22-33(25)47(51)52)57-18-17-43-40(50)30(23-58(53,54)55)44-38-26(20-36-41(2,3)28-13-9-11-15-31(28)45(36)6)39(49)27(38)21-37-42(4,5)29-14-10-12-16-32(29)46(37)7/h9-20,23-26,28,36H,21-22,27H2,1-8H3,(H2-,50,51,56,57,63,64,65);9-16,19-22,24,30,48H,17-18,23H2,1-8H3,(H2-,43,44,49,50,53,54,55). The number of Topliss-reactive ketones (excluding diaryl/α,β-unsaturated/α-hetero) is 2. The minimum absolute atomic E-state index is 0.0150. The summed E-state index contributed by atoms with van der Waals surface area (Å²) in [6.07, 6.45) is 3.24. The second kappa shape index (κ2) is 36.3. The molecule has 4 aliphatic heterocycles. The SMILES string of the molecule is COc1cc(C(C)O)c([N+](=O)[O-])cc1OCCNC(=O)C(CS(=O)(=O)[O-])NC1=C(C=C2N(C)c3ccccc3C2(C)C)C(=O)C1=CC1=[N+](C)c2ccccc2C1(C)C.COc1cc(C(C)OC(=O)Oc2ccc([N+](=O)[O-])cc2)c([N+](=O)[O-])cc1OCCNC(=O)C(CS(=O)(=O)[O-])NC1=C(C=C2N(C)c3ccccc3C2(C)C)C(=O)C1=CC1=[N+](C)c2ccccc2C1(C)C. The molecule has 5 N–H and O–H groups in total. The van der Waals surface area contributed by atoms with Gasteiger partial charge in [0.2, 0.25) is 23.2 Å². The normalized spacial score (nSPS) is 18.3. The lowest BCUT2D eigenvalue weighted by Crippen LogP contribution is -2.51. The number of fused-ring (bicyclic) bond motifs is 4. The zero-order valence-corrected chi connectivity index (χ0v) is 74.6. The molecule has 672 valence electrons. The highest BCUT2D eigenvalue weighted by Crippen LogP contribution is 2.52. The van der Waals surface area contributed by atoms with Crippen LogP contribution in [0.2, 0.25) is 0 Å². The van der Waals surface area contributed by atoms with Crippen molar-refractivity contribution in [1.29, 1.82) is 0 Å². The fourth-order valence-corrected chi connectivity index (χ4v) is 18.3. The highest BCUT2D eigenvalue weighted by Gasteiger charge is 2.50. The molecule has 4 unspecified atom stereocenters. The summed E-state index contributed by atoms with van der Waals surface area (Å²) in [5, 5.41) is 56.0. The average molecular weight is 1790 g/mol. The molecule has 4 atom stereocenters. The summed E-state index contributed by atoms with van der Waals surface area (Å²) in [6.45, 7) is 17.8. The van der Waals surface area contributed by atoms with E-state index < -0.39 is 122 Å². The van der Waals surface area contributed by atoms with Crippen LogP contribution in [0.15, 0.2) is 215 Å². The number of nitrogens with zero attached hydrogens (tertiary/aromatic N) is 7. The largest absolute Gasteiger partial charge is 0.748 e. The topological polar surface area (TPSA) is 465 Å². The number of nitro groups is 3. The van der Waals surface area contributed by atoms with Crippen molar-refractivity contribution < 1.29 is 107 Å². The number of hydrogen-bond acceptors (Lipinski definition) is 28. The summed E-state index contributed by atoms with van der Waals surface area (Å²) < 4.78 is 110. The van der Waals surface area contributed by atoms with Gasteiger partial charge in [-0.3, -0.25) is 49.5 Å².